The minimum atomic E-state index is -3.54. The van der Waals surface area contributed by atoms with E-state index in [1.54, 1.807) is 68.8 Å². The molecule has 2 aromatic rings. The molecule has 0 unspecified atom stereocenters. The van der Waals surface area contributed by atoms with Crippen molar-refractivity contribution in [1.82, 2.24) is 9.62 Å². The molecule has 140 valence electrons. The van der Waals surface area contributed by atoms with Crippen molar-refractivity contribution in [3.63, 3.8) is 0 Å². The van der Waals surface area contributed by atoms with E-state index in [1.165, 1.54) is 4.31 Å². The van der Waals surface area contributed by atoms with Gasteiger partial charge < -0.3 is 10.1 Å². The van der Waals surface area contributed by atoms with Crippen molar-refractivity contribution < 1.29 is 17.9 Å². The molecule has 0 fully saturated rings. The highest BCUT2D eigenvalue weighted by molar-refractivity contribution is 7.89. The van der Waals surface area contributed by atoms with Crippen molar-refractivity contribution >= 4 is 15.9 Å². The number of sulfonamides is 1. The van der Waals surface area contributed by atoms with Crippen LogP contribution in [0.3, 0.4) is 0 Å². The maximum absolute atomic E-state index is 12.5. The van der Waals surface area contributed by atoms with Gasteiger partial charge in [0.2, 0.25) is 10.0 Å². The Kier molecular flexibility index (Phi) is 7.32. The van der Waals surface area contributed by atoms with Gasteiger partial charge in [-0.3, -0.25) is 4.79 Å². The number of methoxy groups -OCH3 is 1. The summed E-state index contributed by atoms with van der Waals surface area (Å²) in [5, 5.41) is 2.81. The van der Waals surface area contributed by atoms with Crippen molar-refractivity contribution in [3.8, 4) is 0 Å². The molecule has 0 saturated heterocycles. The van der Waals surface area contributed by atoms with Crippen LogP contribution in [0.4, 0.5) is 0 Å². The number of ether oxygens (including phenoxy) is 1. The van der Waals surface area contributed by atoms with Crippen molar-refractivity contribution in [3.05, 3.63) is 65.7 Å². The number of carbonyl (C=O) groups is 1. The van der Waals surface area contributed by atoms with Gasteiger partial charge in [0.25, 0.3) is 5.91 Å². The Morgan fingerprint density at radius 2 is 1.73 bits per heavy atom. The first-order valence-corrected chi connectivity index (χ1v) is 9.76. The third-order valence-electron chi connectivity index (χ3n) is 3.88. The third-order valence-corrected chi connectivity index (χ3v) is 5.70. The number of benzene rings is 2. The molecule has 1 N–H and O–H groups in total. The Hall–Kier alpha value is -2.22. The van der Waals surface area contributed by atoms with Gasteiger partial charge in [-0.2, -0.15) is 4.31 Å². The molecule has 0 radical (unpaired) electrons. The molecule has 0 atom stereocenters. The summed E-state index contributed by atoms with van der Waals surface area (Å²) in [6, 6.07) is 15.2. The van der Waals surface area contributed by atoms with Crippen LogP contribution in [-0.2, 0) is 21.3 Å². The van der Waals surface area contributed by atoms with Crippen LogP contribution in [0, 0.1) is 0 Å². The first-order chi connectivity index (χ1) is 12.4. The highest BCUT2D eigenvalue weighted by Crippen LogP contribution is 2.16. The predicted molar refractivity (Wildman–Crippen MR) is 100 cm³/mol. The van der Waals surface area contributed by atoms with Gasteiger partial charge in [-0.1, -0.05) is 30.3 Å². The first kappa shape index (κ1) is 20.1. The second kappa shape index (κ2) is 9.47. The average molecular weight is 376 g/mol. The lowest BCUT2D eigenvalue weighted by Crippen LogP contribution is -2.27. The van der Waals surface area contributed by atoms with Crippen LogP contribution in [0.25, 0.3) is 0 Å². The fraction of sp³-hybridized carbons (Fsp3) is 0.316. The van der Waals surface area contributed by atoms with Crippen LogP contribution in [-0.4, -0.2) is 45.9 Å². The summed E-state index contributed by atoms with van der Waals surface area (Å²) in [5.41, 5.74) is 1.35. The number of rotatable bonds is 9. The lowest BCUT2D eigenvalue weighted by Gasteiger charge is -2.17. The summed E-state index contributed by atoms with van der Waals surface area (Å²) < 4.78 is 31.3. The molecule has 0 aromatic heterocycles. The summed E-state index contributed by atoms with van der Waals surface area (Å²) in [6.45, 7) is 1.38. The number of nitrogens with one attached hydrogen (secondary N) is 1. The van der Waals surface area contributed by atoms with Gasteiger partial charge in [0.1, 0.15) is 0 Å². The maximum Gasteiger partial charge on any atom is 0.251 e. The lowest BCUT2D eigenvalue weighted by molar-refractivity contribution is 0.0948. The first-order valence-electron chi connectivity index (χ1n) is 8.32. The van der Waals surface area contributed by atoms with Gasteiger partial charge in [-0.05, 0) is 36.2 Å². The number of amides is 1. The van der Waals surface area contributed by atoms with Gasteiger partial charge in [0.15, 0.2) is 0 Å². The minimum Gasteiger partial charge on any atom is -0.385 e. The van der Waals surface area contributed by atoms with Crippen LogP contribution in [0.1, 0.15) is 22.3 Å². The average Bonchev–Trinajstić information content (AvgIpc) is 2.66. The molecule has 0 saturated carbocycles. The fourth-order valence-electron chi connectivity index (χ4n) is 2.40. The Labute approximate surface area is 154 Å². The minimum absolute atomic E-state index is 0.155. The van der Waals surface area contributed by atoms with E-state index in [0.29, 0.717) is 18.7 Å². The van der Waals surface area contributed by atoms with Crippen molar-refractivity contribution in [1.29, 1.82) is 0 Å². The predicted octanol–water partition coefficient (Wildman–Crippen LogP) is 2.27. The van der Waals surface area contributed by atoms with Gasteiger partial charge in [0, 0.05) is 39.4 Å². The Balaban J connectivity index is 1.97. The molecule has 0 aliphatic carbocycles. The molecule has 0 bridgehead atoms. The van der Waals surface area contributed by atoms with E-state index in [-0.39, 0.29) is 17.3 Å². The molecule has 0 heterocycles. The molecule has 6 nitrogen and oxygen atoms in total. The molecular weight excluding hydrogens is 352 g/mol. The Morgan fingerprint density at radius 1 is 1.08 bits per heavy atom. The summed E-state index contributed by atoms with van der Waals surface area (Å²) in [6.07, 6.45) is 0.752. The molecule has 0 aliphatic heterocycles. The quantitative estimate of drug-likeness (QED) is 0.681. The molecular formula is C19H24N2O4S. The van der Waals surface area contributed by atoms with Gasteiger partial charge in [-0.25, -0.2) is 8.42 Å². The Morgan fingerprint density at radius 3 is 2.35 bits per heavy atom. The zero-order valence-corrected chi connectivity index (χ0v) is 15.8. The van der Waals surface area contributed by atoms with E-state index >= 15 is 0 Å². The SMILES string of the molecule is COCCCNC(=O)c1ccc(CN(C)S(=O)(=O)c2ccccc2)cc1. The van der Waals surface area contributed by atoms with Crippen LogP contribution in [0.15, 0.2) is 59.5 Å². The summed E-state index contributed by atoms with van der Waals surface area (Å²) in [5.74, 6) is -0.155. The van der Waals surface area contributed by atoms with E-state index in [0.717, 1.165) is 12.0 Å². The highest BCUT2D eigenvalue weighted by atomic mass is 32.2. The van der Waals surface area contributed by atoms with Gasteiger partial charge in [-0.15, -0.1) is 0 Å². The molecule has 7 heteroatoms. The van der Waals surface area contributed by atoms with Crippen LogP contribution < -0.4 is 5.32 Å². The summed E-state index contributed by atoms with van der Waals surface area (Å²) in [7, 11) is -0.378. The van der Waals surface area contributed by atoms with Crippen LogP contribution in [0.5, 0.6) is 0 Å². The normalized spacial score (nSPS) is 11.5. The lowest BCUT2D eigenvalue weighted by atomic mass is 10.1. The molecule has 1 amide bonds. The standard InChI is InChI=1S/C19H24N2O4S/c1-21(26(23,24)18-7-4-3-5-8-18)15-16-9-11-17(12-10-16)19(22)20-13-6-14-25-2/h3-5,7-12H,6,13-15H2,1-2H3,(H,20,22). The largest absolute Gasteiger partial charge is 0.385 e. The molecule has 2 aromatic carbocycles. The summed E-state index contributed by atoms with van der Waals surface area (Å²) >= 11 is 0. The fourth-order valence-corrected chi connectivity index (χ4v) is 3.58. The van der Waals surface area contributed by atoms with E-state index in [2.05, 4.69) is 5.32 Å². The monoisotopic (exact) mass is 376 g/mol. The van der Waals surface area contributed by atoms with Crippen LogP contribution >= 0.6 is 0 Å². The molecule has 2 rings (SSSR count). The van der Waals surface area contributed by atoms with Crippen molar-refractivity contribution in [2.45, 2.75) is 17.9 Å². The zero-order chi connectivity index (χ0) is 19.0. The van der Waals surface area contributed by atoms with Crippen molar-refractivity contribution in [2.24, 2.45) is 0 Å². The highest BCUT2D eigenvalue weighted by Gasteiger charge is 2.20. The number of hydrogen-bond donors (Lipinski definition) is 1. The summed E-state index contributed by atoms with van der Waals surface area (Å²) in [4.78, 5) is 12.3. The topological polar surface area (TPSA) is 75.7 Å². The van der Waals surface area contributed by atoms with Crippen molar-refractivity contribution in [2.75, 3.05) is 27.3 Å². The molecule has 0 spiro atoms. The van der Waals surface area contributed by atoms with Gasteiger partial charge >= 0.3 is 0 Å². The zero-order valence-electron chi connectivity index (χ0n) is 15.0. The number of carbonyl (C=O) groups excluding carboxylic acids is 1. The van der Waals surface area contributed by atoms with E-state index < -0.39 is 10.0 Å². The Bertz CT molecular complexity index is 805. The van der Waals surface area contributed by atoms with E-state index in [4.69, 9.17) is 4.74 Å². The molecule has 26 heavy (non-hydrogen) atoms. The van der Waals surface area contributed by atoms with E-state index in [1.807, 2.05) is 0 Å². The maximum atomic E-state index is 12.5. The second-order valence-electron chi connectivity index (χ2n) is 5.87. The number of nitrogens with zero attached hydrogens (tertiary/aromatic N) is 1. The molecule has 0 aliphatic rings. The second-order valence-corrected chi connectivity index (χ2v) is 7.92. The van der Waals surface area contributed by atoms with Gasteiger partial charge in [0.05, 0.1) is 4.90 Å². The third kappa shape index (κ3) is 5.39. The van der Waals surface area contributed by atoms with Crippen LogP contribution in [0.2, 0.25) is 0 Å². The smallest absolute Gasteiger partial charge is 0.251 e. The number of hydrogen-bond acceptors (Lipinski definition) is 4. The van der Waals surface area contributed by atoms with E-state index in [9.17, 15) is 13.2 Å².